The first-order chi connectivity index (χ1) is 20.7. The number of piperidine rings is 1. The molecule has 1 unspecified atom stereocenters. The zero-order valence-electron chi connectivity index (χ0n) is 23.8. The number of pyridine rings is 1. The molecule has 2 saturated heterocycles. The van der Waals surface area contributed by atoms with Crippen LogP contribution >= 0.6 is 11.3 Å². The van der Waals surface area contributed by atoms with Crippen molar-refractivity contribution in [1.29, 1.82) is 0 Å². The van der Waals surface area contributed by atoms with Gasteiger partial charge in [0.1, 0.15) is 15.6 Å². The van der Waals surface area contributed by atoms with Gasteiger partial charge < -0.3 is 20.0 Å². The number of aliphatic hydroxyl groups is 1. The maximum absolute atomic E-state index is 13.9. The molecule has 1 aliphatic carbocycles. The molecule has 12 heteroatoms. The third-order valence-corrected chi connectivity index (χ3v) is 11.8. The number of aromatic nitrogens is 1. The van der Waals surface area contributed by atoms with E-state index in [-0.39, 0.29) is 34.9 Å². The summed E-state index contributed by atoms with van der Waals surface area (Å²) < 4.78 is 29.0. The second-order valence-electron chi connectivity index (χ2n) is 11.6. The Labute approximate surface area is 255 Å². The fourth-order valence-corrected chi connectivity index (χ4v) is 8.90. The van der Waals surface area contributed by atoms with Crippen LogP contribution in [-0.2, 0) is 14.8 Å². The maximum Gasteiger partial charge on any atom is 0.348 e. The van der Waals surface area contributed by atoms with E-state index in [1.165, 1.54) is 16.6 Å². The predicted molar refractivity (Wildman–Crippen MR) is 165 cm³/mol. The summed E-state index contributed by atoms with van der Waals surface area (Å²) in [5, 5.41) is 19.9. The number of aliphatic hydroxyl groups excluding tert-OH is 1. The standard InChI is InChI=1S/C31H36N4O6S2/c36-23-13-15-33(16-14-23)28-12-11-24(18-32-28)43(40,41)34-19-26(21-7-3-1-4-8-21)35(29(37)20-34)25-17-27(42-30(25)31(38)39)22-9-5-2-6-10-22/h2,5-6,9-12,17-18,21,23,26,36H,1,3-4,7-8,13-16,19-20H2,(H,38,39). The number of carbonyl (C=O) groups is 2. The van der Waals surface area contributed by atoms with Crippen LogP contribution in [0.2, 0.25) is 0 Å². The van der Waals surface area contributed by atoms with Crippen LogP contribution in [0.1, 0.15) is 54.6 Å². The topological polar surface area (TPSA) is 131 Å². The lowest BCUT2D eigenvalue weighted by molar-refractivity contribution is -0.121. The summed E-state index contributed by atoms with van der Waals surface area (Å²) in [6.45, 7) is 0.992. The minimum absolute atomic E-state index is 0.0186. The van der Waals surface area contributed by atoms with Crippen molar-refractivity contribution in [3.63, 3.8) is 0 Å². The molecule has 2 aromatic heterocycles. The molecule has 3 aliphatic rings. The SMILES string of the molecule is O=C(O)c1sc(-c2ccccc2)cc1N1C(=O)CN(S(=O)(=O)c2ccc(N3CCC(O)CC3)nc2)CC1C1CCCCC1. The van der Waals surface area contributed by atoms with E-state index < -0.39 is 27.9 Å². The van der Waals surface area contributed by atoms with Crippen LogP contribution in [0.4, 0.5) is 11.5 Å². The van der Waals surface area contributed by atoms with Crippen LogP contribution < -0.4 is 9.80 Å². The van der Waals surface area contributed by atoms with Gasteiger partial charge in [-0.2, -0.15) is 4.31 Å². The van der Waals surface area contributed by atoms with Crippen molar-refractivity contribution in [1.82, 2.24) is 9.29 Å². The summed E-state index contributed by atoms with van der Waals surface area (Å²) in [5.41, 5.74) is 1.20. The number of hydrogen-bond acceptors (Lipinski definition) is 8. The van der Waals surface area contributed by atoms with Crippen LogP contribution in [0.15, 0.2) is 59.6 Å². The maximum atomic E-state index is 13.9. The van der Waals surface area contributed by atoms with Crippen molar-refractivity contribution in [3.05, 3.63) is 59.6 Å². The van der Waals surface area contributed by atoms with E-state index >= 15 is 0 Å². The van der Waals surface area contributed by atoms with E-state index in [4.69, 9.17) is 0 Å². The fourth-order valence-electron chi connectivity index (χ4n) is 6.56. The number of carboxylic acids is 1. The van der Waals surface area contributed by atoms with Crippen molar-refractivity contribution in [2.45, 2.75) is 62.0 Å². The molecular formula is C31H36N4O6S2. The summed E-state index contributed by atoms with van der Waals surface area (Å²) in [7, 11) is -4.04. The molecular weight excluding hydrogens is 588 g/mol. The number of carboxylic acid groups (broad SMARTS) is 1. The molecule has 2 aliphatic heterocycles. The van der Waals surface area contributed by atoms with E-state index in [1.807, 2.05) is 35.2 Å². The smallest absolute Gasteiger partial charge is 0.348 e. The zero-order chi connectivity index (χ0) is 30.1. The van der Waals surface area contributed by atoms with Crippen molar-refractivity contribution in [2.75, 3.05) is 36.0 Å². The van der Waals surface area contributed by atoms with Gasteiger partial charge >= 0.3 is 5.97 Å². The van der Waals surface area contributed by atoms with Crippen molar-refractivity contribution in [2.24, 2.45) is 5.92 Å². The highest BCUT2D eigenvalue weighted by atomic mass is 32.2. The molecule has 2 N–H and O–H groups in total. The van der Waals surface area contributed by atoms with Gasteiger partial charge in [-0.1, -0.05) is 49.6 Å². The monoisotopic (exact) mass is 624 g/mol. The van der Waals surface area contributed by atoms with E-state index in [0.717, 1.165) is 53.9 Å². The second kappa shape index (κ2) is 12.4. The number of aromatic carboxylic acids is 1. The Bertz CT molecular complexity index is 1560. The van der Waals surface area contributed by atoms with Crippen LogP contribution in [0.5, 0.6) is 0 Å². The Balaban J connectivity index is 1.31. The lowest BCUT2D eigenvalue weighted by Gasteiger charge is -2.44. The third kappa shape index (κ3) is 6.06. The summed E-state index contributed by atoms with van der Waals surface area (Å²) >= 11 is 1.13. The number of nitrogens with zero attached hydrogens (tertiary/aromatic N) is 4. The molecule has 1 atom stereocenters. The van der Waals surface area contributed by atoms with Crippen molar-refractivity contribution >= 4 is 44.7 Å². The first kappa shape index (κ1) is 29.7. The normalized spacial score (nSPS) is 21.3. The molecule has 43 heavy (non-hydrogen) atoms. The average molecular weight is 625 g/mol. The number of rotatable bonds is 7. The predicted octanol–water partition coefficient (Wildman–Crippen LogP) is 4.46. The number of amides is 1. The minimum Gasteiger partial charge on any atom is -0.477 e. The molecule has 0 radical (unpaired) electrons. The van der Waals surface area contributed by atoms with Gasteiger partial charge in [0.05, 0.1) is 24.4 Å². The fraction of sp³-hybridized carbons (Fsp3) is 0.452. The number of hydrogen-bond donors (Lipinski definition) is 2. The number of carbonyl (C=O) groups excluding carboxylic acids is 1. The van der Waals surface area contributed by atoms with E-state index in [2.05, 4.69) is 4.98 Å². The van der Waals surface area contributed by atoms with E-state index in [9.17, 15) is 28.2 Å². The average Bonchev–Trinajstić information content (AvgIpc) is 3.47. The summed E-state index contributed by atoms with van der Waals surface area (Å²) in [6.07, 6.45) is 7.05. The summed E-state index contributed by atoms with van der Waals surface area (Å²) in [6, 6.07) is 13.9. The quantitative estimate of drug-likeness (QED) is 0.394. The Morgan fingerprint density at radius 2 is 1.70 bits per heavy atom. The summed E-state index contributed by atoms with van der Waals surface area (Å²) in [5.74, 6) is -0.837. The number of thiophene rings is 1. The lowest BCUT2D eigenvalue weighted by atomic mass is 9.82. The highest BCUT2D eigenvalue weighted by Crippen LogP contribution is 2.42. The van der Waals surface area contributed by atoms with Crippen molar-refractivity contribution < 1.29 is 28.2 Å². The highest BCUT2D eigenvalue weighted by Gasteiger charge is 2.44. The molecule has 0 bridgehead atoms. The number of anilines is 2. The van der Waals surface area contributed by atoms with Gasteiger partial charge in [0, 0.05) is 30.7 Å². The molecule has 10 nitrogen and oxygen atoms in total. The number of benzene rings is 1. The van der Waals surface area contributed by atoms with E-state index in [1.54, 1.807) is 17.0 Å². The van der Waals surface area contributed by atoms with Crippen LogP contribution in [0, 0.1) is 5.92 Å². The highest BCUT2D eigenvalue weighted by molar-refractivity contribution is 7.89. The van der Waals surface area contributed by atoms with Gasteiger partial charge in [-0.05, 0) is 55.4 Å². The van der Waals surface area contributed by atoms with Gasteiger partial charge in [-0.15, -0.1) is 11.3 Å². The molecule has 228 valence electrons. The Morgan fingerprint density at radius 1 is 0.977 bits per heavy atom. The molecule has 3 fully saturated rings. The Kier molecular flexibility index (Phi) is 8.54. The van der Waals surface area contributed by atoms with Gasteiger partial charge in [0.2, 0.25) is 15.9 Å². The minimum atomic E-state index is -4.04. The first-order valence-corrected chi connectivity index (χ1v) is 17.1. The lowest BCUT2D eigenvalue weighted by Crippen LogP contribution is -2.60. The molecule has 4 heterocycles. The van der Waals surface area contributed by atoms with Crippen LogP contribution in [0.25, 0.3) is 10.4 Å². The third-order valence-electron chi connectivity index (χ3n) is 8.87. The van der Waals surface area contributed by atoms with Gasteiger partial charge in [0.15, 0.2) is 0 Å². The number of sulfonamides is 1. The summed E-state index contributed by atoms with van der Waals surface area (Å²) in [4.78, 5) is 35.2. The molecule has 1 saturated carbocycles. The van der Waals surface area contributed by atoms with Crippen LogP contribution in [0.3, 0.4) is 0 Å². The molecule has 1 amide bonds. The zero-order valence-corrected chi connectivity index (χ0v) is 25.5. The number of piperazine rings is 1. The molecule has 1 aromatic carbocycles. The Hall–Kier alpha value is -3.32. The Morgan fingerprint density at radius 3 is 2.35 bits per heavy atom. The molecule has 6 rings (SSSR count). The van der Waals surface area contributed by atoms with Gasteiger partial charge in [0.25, 0.3) is 0 Å². The molecule has 3 aromatic rings. The van der Waals surface area contributed by atoms with Crippen LogP contribution in [-0.4, -0.2) is 78.1 Å². The van der Waals surface area contributed by atoms with Gasteiger partial charge in [-0.3, -0.25) is 4.79 Å². The second-order valence-corrected chi connectivity index (χ2v) is 14.6. The largest absolute Gasteiger partial charge is 0.477 e. The van der Waals surface area contributed by atoms with Crippen molar-refractivity contribution in [3.8, 4) is 10.4 Å². The first-order valence-electron chi connectivity index (χ1n) is 14.9. The van der Waals surface area contributed by atoms with Gasteiger partial charge in [-0.25, -0.2) is 18.2 Å². The van der Waals surface area contributed by atoms with E-state index in [0.29, 0.717) is 37.4 Å². The molecule has 0 spiro atoms.